The average Bonchev–Trinajstić information content (AvgIpc) is 2.97. The molecule has 2 amide bonds. The zero-order chi connectivity index (χ0) is 24.1. The maximum atomic E-state index is 13.2. The first-order valence-electron chi connectivity index (χ1n) is 12.1. The maximum Gasteiger partial charge on any atom is 0.407 e. The highest BCUT2D eigenvalue weighted by Gasteiger charge is 2.32. The lowest BCUT2D eigenvalue weighted by Gasteiger charge is -2.28. The van der Waals surface area contributed by atoms with E-state index in [4.69, 9.17) is 4.74 Å². The molecule has 4 rings (SSSR count). The molecule has 1 aliphatic heterocycles. The summed E-state index contributed by atoms with van der Waals surface area (Å²) in [6, 6.07) is 14.9. The number of amides is 2. The number of nitrogens with one attached hydrogen (secondary N) is 1. The SMILES string of the molecule is CCC1CCCCN(C(=O)C(CC(=O)O)NC(=O)OCC2c3ccccc3-c3ccccc32)C1. The van der Waals surface area contributed by atoms with E-state index < -0.39 is 24.5 Å². The predicted octanol–water partition coefficient (Wildman–Crippen LogP) is 4.41. The van der Waals surface area contributed by atoms with Crippen molar-refractivity contribution in [2.24, 2.45) is 5.92 Å². The molecule has 1 fully saturated rings. The second-order valence-corrected chi connectivity index (χ2v) is 9.17. The van der Waals surface area contributed by atoms with Gasteiger partial charge >= 0.3 is 12.1 Å². The number of nitrogens with zero attached hydrogens (tertiary/aromatic N) is 1. The number of carbonyl (C=O) groups excluding carboxylic acids is 2. The number of benzene rings is 2. The van der Waals surface area contributed by atoms with E-state index in [0.29, 0.717) is 19.0 Å². The van der Waals surface area contributed by atoms with Gasteiger partial charge in [0.15, 0.2) is 0 Å². The van der Waals surface area contributed by atoms with Gasteiger partial charge in [0.05, 0.1) is 6.42 Å². The molecule has 1 aliphatic carbocycles. The molecule has 0 bridgehead atoms. The number of hydrogen-bond donors (Lipinski definition) is 2. The van der Waals surface area contributed by atoms with Crippen LogP contribution in [-0.2, 0) is 14.3 Å². The van der Waals surface area contributed by atoms with Crippen molar-refractivity contribution in [3.8, 4) is 11.1 Å². The Labute approximate surface area is 200 Å². The Balaban J connectivity index is 1.43. The molecule has 2 aliphatic rings. The number of aliphatic carboxylic acids is 1. The van der Waals surface area contributed by atoms with Crippen LogP contribution in [0.4, 0.5) is 4.79 Å². The van der Waals surface area contributed by atoms with Crippen molar-refractivity contribution in [3.63, 3.8) is 0 Å². The highest BCUT2D eigenvalue weighted by atomic mass is 16.5. The van der Waals surface area contributed by atoms with Gasteiger partial charge in [0.2, 0.25) is 5.91 Å². The standard InChI is InChI=1S/C27H32N2O5/c1-2-18-9-7-8-14-29(16-18)26(32)24(15-25(30)31)28-27(33)34-17-23-21-12-5-3-10-19(21)20-11-4-6-13-22(20)23/h3-6,10-13,18,23-24H,2,7-9,14-17H2,1H3,(H,28,33)(H,30,31). The van der Waals surface area contributed by atoms with Crippen molar-refractivity contribution in [1.29, 1.82) is 0 Å². The molecule has 2 atom stereocenters. The van der Waals surface area contributed by atoms with Gasteiger partial charge < -0.3 is 20.1 Å². The van der Waals surface area contributed by atoms with Crippen LogP contribution in [-0.4, -0.2) is 53.7 Å². The largest absolute Gasteiger partial charge is 0.481 e. The fraction of sp³-hybridized carbons (Fsp3) is 0.444. The maximum absolute atomic E-state index is 13.2. The molecule has 2 aromatic rings. The topological polar surface area (TPSA) is 95.9 Å². The van der Waals surface area contributed by atoms with Crippen molar-refractivity contribution in [2.45, 2.75) is 51.0 Å². The summed E-state index contributed by atoms with van der Waals surface area (Å²) in [5, 5.41) is 11.9. The minimum Gasteiger partial charge on any atom is -0.481 e. The number of carboxylic acid groups (broad SMARTS) is 1. The summed E-state index contributed by atoms with van der Waals surface area (Å²) in [6.45, 7) is 3.38. The van der Waals surface area contributed by atoms with Gasteiger partial charge in [-0.3, -0.25) is 9.59 Å². The summed E-state index contributed by atoms with van der Waals surface area (Å²) in [7, 11) is 0. The third-order valence-corrected chi connectivity index (χ3v) is 6.97. The van der Waals surface area contributed by atoms with Gasteiger partial charge in [0, 0.05) is 19.0 Å². The molecular weight excluding hydrogens is 432 g/mol. The van der Waals surface area contributed by atoms with Gasteiger partial charge in [-0.2, -0.15) is 0 Å². The lowest BCUT2D eigenvalue weighted by molar-refractivity contribution is -0.142. The fourth-order valence-corrected chi connectivity index (χ4v) is 5.14. The van der Waals surface area contributed by atoms with Crippen LogP contribution in [0.25, 0.3) is 11.1 Å². The van der Waals surface area contributed by atoms with Crippen LogP contribution in [0.5, 0.6) is 0 Å². The summed E-state index contributed by atoms with van der Waals surface area (Å²) in [5.41, 5.74) is 4.42. The highest BCUT2D eigenvalue weighted by Crippen LogP contribution is 2.44. The first-order chi connectivity index (χ1) is 16.5. The van der Waals surface area contributed by atoms with Crippen LogP contribution in [0.15, 0.2) is 48.5 Å². The fourth-order valence-electron chi connectivity index (χ4n) is 5.14. The molecule has 0 radical (unpaired) electrons. The molecule has 2 N–H and O–H groups in total. The Morgan fingerprint density at radius 2 is 1.71 bits per heavy atom. The number of carbonyl (C=O) groups is 3. The third kappa shape index (κ3) is 5.24. The molecule has 1 saturated heterocycles. The van der Waals surface area contributed by atoms with Gasteiger partial charge in [-0.25, -0.2) is 4.79 Å². The van der Waals surface area contributed by atoms with Crippen LogP contribution in [0.2, 0.25) is 0 Å². The first-order valence-corrected chi connectivity index (χ1v) is 12.1. The predicted molar refractivity (Wildman–Crippen MR) is 128 cm³/mol. The molecule has 1 heterocycles. The van der Waals surface area contributed by atoms with Crippen LogP contribution < -0.4 is 5.32 Å². The van der Waals surface area contributed by atoms with E-state index in [1.807, 2.05) is 36.4 Å². The van der Waals surface area contributed by atoms with E-state index >= 15 is 0 Å². The number of ether oxygens (including phenoxy) is 1. The van der Waals surface area contributed by atoms with Crippen LogP contribution in [0, 0.1) is 5.92 Å². The molecule has 0 spiro atoms. The second-order valence-electron chi connectivity index (χ2n) is 9.17. The quantitative estimate of drug-likeness (QED) is 0.633. The summed E-state index contributed by atoms with van der Waals surface area (Å²) in [5.74, 6) is -1.20. The highest BCUT2D eigenvalue weighted by molar-refractivity contribution is 5.89. The van der Waals surface area contributed by atoms with Crippen molar-refractivity contribution in [1.82, 2.24) is 10.2 Å². The Morgan fingerprint density at radius 1 is 1.06 bits per heavy atom. The first kappa shape index (κ1) is 23.8. The number of likely N-dealkylation sites (tertiary alicyclic amines) is 1. The van der Waals surface area contributed by atoms with Crippen LogP contribution in [0.3, 0.4) is 0 Å². The molecular formula is C27H32N2O5. The van der Waals surface area contributed by atoms with Crippen LogP contribution >= 0.6 is 0 Å². The van der Waals surface area contributed by atoms with Gasteiger partial charge in [-0.05, 0) is 41.0 Å². The normalized spacial score (nSPS) is 18.4. The minimum absolute atomic E-state index is 0.107. The monoisotopic (exact) mass is 464 g/mol. The summed E-state index contributed by atoms with van der Waals surface area (Å²) in [6.07, 6.45) is 2.70. The molecule has 7 nitrogen and oxygen atoms in total. The van der Waals surface area contributed by atoms with Crippen molar-refractivity contribution >= 4 is 18.0 Å². The average molecular weight is 465 g/mol. The van der Waals surface area contributed by atoms with E-state index in [2.05, 4.69) is 24.4 Å². The van der Waals surface area contributed by atoms with Gasteiger partial charge in [0.25, 0.3) is 0 Å². The summed E-state index contributed by atoms with van der Waals surface area (Å²) in [4.78, 5) is 39.0. The third-order valence-electron chi connectivity index (χ3n) is 6.97. The zero-order valence-electron chi connectivity index (χ0n) is 19.5. The van der Waals surface area contributed by atoms with Gasteiger partial charge in [-0.15, -0.1) is 0 Å². The van der Waals surface area contributed by atoms with Crippen molar-refractivity contribution < 1.29 is 24.2 Å². The Morgan fingerprint density at radius 3 is 2.32 bits per heavy atom. The van der Waals surface area contributed by atoms with Gasteiger partial charge in [0.1, 0.15) is 12.6 Å². The minimum atomic E-state index is -1.15. The Kier molecular flexibility index (Phi) is 7.50. The van der Waals surface area contributed by atoms with E-state index in [0.717, 1.165) is 47.9 Å². The van der Waals surface area contributed by atoms with E-state index in [1.54, 1.807) is 4.90 Å². The summed E-state index contributed by atoms with van der Waals surface area (Å²) < 4.78 is 5.54. The Hall–Kier alpha value is -3.35. The number of carboxylic acids is 1. The molecule has 0 aromatic heterocycles. The van der Waals surface area contributed by atoms with Crippen molar-refractivity contribution in [3.05, 3.63) is 59.7 Å². The van der Waals surface area contributed by atoms with Crippen LogP contribution in [0.1, 0.15) is 56.1 Å². The number of fused-ring (bicyclic) bond motifs is 3. The molecule has 0 saturated carbocycles. The Bertz CT molecular complexity index is 1010. The molecule has 180 valence electrons. The number of hydrogen-bond acceptors (Lipinski definition) is 4. The van der Waals surface area contributed by atoms with Gasteiger partial charge in [-0.1, -0.05) is 68.3 Å². The van der Waals surface area contributed by atoms with Crippen molar-refractivity contribution in [2.75, 3.05) is 19.7 Å². The zero-order valence-corrected chi connectivity index (χ0v) is 19.5. The molecule has 7 heteroatoms. The van der Waals surface area contributed by atoms with E-state index in [9.17, 15) is 19.5 Å². The molecule has 34 heavy (non-hydrogen) atoms. The second kappa shape index (κ2) is 10.7. The number of rotatable bonds is 7. The van der Waals surface area contributed by atoms with E-state index in [-0.39, 0.29) is 18.4 Å². The molecule has 2 aromatic carbocycles. The lowest BCUT2D eigenvalue weighted by Crippen LogP contribution is -2.50. The molecule has 2 unspecified atom stereocenters. The lowest BCUT2D eigenvalue weighted by atomic mass is 9.98. The number of alkyl carbamates (subject to hydrolysis) is 1. The smallest absolute Gasteiger partial charge is 0.407 e. The van der Waals surface area contributed by atoms with E-state index in [1.165, 1.54) is 0 Å². The summed E-state index contributed by atoms with van der Waals surface area (Å²) >= 11 is 0.